The molecule has 0 spiro atoms. The SMILES string of the molecule is COc1ccc(CC(=O)NCCn2ncc3c(=O)n(Cc4ccc(Cl)cc4)cnc32)cc1OC. The number of nitrogens with zero attached hydrogens (tertiary/aromatic N) is 4. The van der Waals surface area contributed by atoms with Gasteiger partial charge < -0.3 is 14.8 Å². The predicted molar refractivity (Wildman–Crippen MR) is 129 cm³/mol. The zero-order chi connectivity index (χ0) is 24.1. The standard InChI is InChI=1S/C24H24ClN5O4/c1-33-20-8-5-17(11-21(20)34-2)12-22(31)26-9-10-30-23-19(13-28-30)24(32)29(15-27-23)14-16-3-6-18(25)7-4-16/h3-8,11,13,15H,9-10,12,14H2,1-2H3,(H,26,31). The maximum atomic E-state index is 12.9. The molecule has 4 aromatic rings. The third-order valence-corrected chi connectivity index (χ3v) is 5.60. The Balaban J connectivity index is 1.37. The largest absolute Gasteiger partial charge is 0.493 e. The van der Waals surface area contributed by atoms with Gasteiger partial charge in [0.25, 0.3) is 5.56 Å². The van der Waals surface area contributed by atoms with Gasteiger partial charge in [-0.25, -0.2) is 9.67 Å². The minimum atomic E-state index is -0.177. The molecule has 34 heavy (non-hydrogen) atoms. The van der Waals surface area contributed by atoms with E-state index in [9.17, 15) is 9.59 Å². The summed E-state index contributed by atoms with van der Waals surface area (Å²) in [5, 5.41) is 8.21. The van der Waals surface area contributed by atoms with Crippen LogP contribution in [0.5, 0.6) is 11.5 Å². The van der Waals surface area contributed by atoms with Crippen molar-refractivity contribution in [2.24, 2.45) is 0 Å². The predicted octanol–water partition coefficient (Wildman–Crippen LogP) is 2.67. The van der Waals surface area contributed by atoms with Gasteiger partial charge in [-0.05, 0) is 35.4 Å². The molecule has 176 valence electrons. The van der Waals surface area contributed by atoms with Gasteiger partial charge in [0.2, 0.25) is 5.91 Å². The fraction of sp³-hybridized carbons (Fsp3) is 0.250. The highest BCUT2D eigenvalue weighted by molar-refractivity contribution is 6.30. The van der Waals surface area contributed by atoms with Crippen LogP contribution in [0.1, 0.15) is 11.1 Å². The molecular formula is C24H24ClN5O4. The number of nitrogens with one attached hydrogen (secondary N) is 1. The first-order chi connectivity index (χ1) is 16.5. The molecule has 2 aromatic heterocycles. The van der Waals surface area contributed by atoms with Crippen molar-refractivity contribution >= 4 is 28.5 Å². The van der Waals surface area contributed by atoms with Crippen molar-refractivity contribution in [2.75, 3.05) is 20.8 Å². The summed E-state index contributed by atoms with van der Waals surface area (Å²) in [7, 11) is 3.11. The first kappa shape index (κ1) is 23.3. The number of carbonyl (C=O) groups is 1. The van der Waals surface area contributed by atoms with E-state index in [0.717, 1.165) is 11.1 Å². The van der Waals surface area contributed by atoms with Gasteiger partial charge >= 0.3 is 0 Å². The molecule has 0 saturated carbocycles. The average Bonchev–Trinajstić information content (AvgIpc) is 3.25. The summed E-state index contributed by atoms with van der Waals surface area (Å²) in [6.45, 7) is 1.11. The maximum absolute atomic E-state index is 12.9. The van der Waals surface area contributed by atoms with Gasteiger partial charge in [-0.1, -0.05) is 29.8 Å². The molecule has 2 aromatic carbocycles. The van der Waals surface area contributed by atoms with Crippen molar-refractivity contribution in [3.63, 3.8) is 0 Å². The first-order valence-electron chi connectivity index (χ1n) is 10.6. The van der Waals surface area contributed by atoms with Crippen molar-refractivity contribution in [3.05, 3.63) is 81.5 Å². The second-order valence-corrected chi connectivity index (χ2v) is 8.06. The van der Waals surface area contributed by atoms with E-state index in [1.165, 1.54) is 17.1 Å². The number of amides is 1. The quantitative estimate of drug-likeness (QED) is 0.394. The Bertz CT molecular complexity index is 1360. The van der Waals surface area contributed by atoms with Gasteiger partial charge in [0.05, 0.1) is 39.9 Å². The molecule has 0 atom stereocenters. The Hall–Kier alpha value is -3.85. The number of hydrogen-bond donors (Lipinski definition) is 1. The van der Waals surface area contributed by atoms with E-state index in [0.29, 0.717) is 47.2 Å². The fourth-order valence-electron chi connectivity index (χ4n) is 3.60. The normalized spacial score (nSPS) is 10.9. The summed E-state index contributed by atoms with van der Waals surface area (Å²) in [5.74, 6) is 1.04. The van der Waals surface area contributed by atoms with Crippen LogP contribution < -0.4 is 20.3 Å². The summed E-state index contributed by atoms with van der Waals surface area (Å²) in [4.78, 5) is 29.6. The molecule has 0 unspecified atom stereocenters. The molecule has 0 aliphatic rings. The molecule has 10 heteroatoms. The zero-order valence-corrected chi connectivity index (χ0v) is 19.6. The molecule has 0 radical (unpaired) electrons. The van der Waals surface area contributed by atoms with Crippen molar-refractivity contribution in [1.82, 2.24) is 24.6 Å². The van der Waals surface area contributed by atoms with Crippen molar-refractivity contribution in [1.29, 1.82) is 0 Å². The molecular weight excluding hydrogens is 458 g/mol. The van der Waals surface area contributed by atoms with Crippen LogP contribution in [0.15, 0.2) is 59.8 Å². The number of benzene rings is 2. The second kappa shape index (κ2) is 10.4. The number of aromatic nitrogens is 4. The lowest BCUT2D eigenvalue weighted by atomic mass is 10.1. The monoisotopic (exact) mass is 481 g/mol. The van der Waals surface area contributed by atoms with Gasteiger partial charge in [-0.2, -0.15) is 5.10 Å². The minimum Gasteiger partial charge on any atom is -0.493 e. The van der Waals surface area contributed by atoms with E-state index in [-0.39, 0.29) is 17.9 Å². The van der Waals surface area contributed by atoms with Crippen LogP contribution in [0.2, 0.25) is 5.02 Å². The van der Waals surface area contributed by atoms with E-state index in [1.807, 2.05) is 18.2 Å². The number of rotatable bonds is 9. The van der Waals surface area contributed by atoms with Crippen LogP contribution in [0.25, 0.3) is 11.0 Å². The highest BCUT2D eigenvalue weighted by Gasteiger charge is 2.12. The van der Waals surface area contributed by atoms with E-state index < -0.39 is 0 Å². The molecule has 4 rings (SSSR count). The number of methoxy groups -OCH3 is 2. The van der Waals surface area contributed by atoms with Crippen molar-refractivity contribution in [3.8, 4) is 11.5 Å². The van der Waals surface area contributed by atoms with Crippen LogP contribution in [0.4, 0.5) is 0 Å². The molecule has 2 heterocycles. The molecule has 0 fully saturated rings. The Morgan fingerprint density at radius 2 is 1.79 bits per heavy atom. The van der Waals surface area contributed by atoms with E-state index >= 15 is 0 Å². The van der Waals surface area contributed by atoms with Gasteiger partial charge in [-0.15, -0.1) is 0 Å². The average molecular weight is 482 g/mol. The smallest absolute Gasteiger partial charge is 0.264 e. The fourth-order valence-corrected chi connectivity index (χ4v) is 3.73. The highest BCUT2D eigenvalue weighted by Crippen LogP contribution is 2.27. The highest BCUT2D eigenvalue weighted by atomic mass is 35.5. The van der Waals surface area contributed by atoms with Crippen LogP contribution in [-0.2, 0) is 24.3 Å². The van der Waals surface area contributed by atoms with Crippen molar-refractivity contribution in [2.45, 2.75) is 19.5 Å². The Morgan fingerprint density at radius 1 is 1.06 bits per heavy atom. The third-order valence-electron chi connectivity index (χ3n) is 5.35. The van der Waals surface area contributed by atoms with Crippen LogP contribution in [0, 0.1) is 0 Å². The Kier molecular flexibility index (Phi) is 7.12. The van der Waals surface area contributed by atoms with Gasteiger partial charge in [0.15, 0.2) is 17.1 Å². The summed E-state index contributed by atoms with van der Waals surface area (Å²) >= 11 is 5.92. The molecule has 1 N–H and O–H groups in total. The molecule has 0 aliphatic carbocycles. The molecule has 0 saturated heterocycles. The topological polar surface area (TPSA) is 100 Å². The van der Waals surface area contributed by atoms with E-state index in [1.54, 1.807) is 43.2 Å². The third kappa shape index (κ3) is 5.20. The molecule has 0 bridgehead atoms. The number of hydrogen-bond acceptors (Lipinski definition) is 6. The van der Waals surface area contributed by atoms with Gasteiger partial charge in [0.1, 0.15) is 11.7 Å². The lowest BCUT2D eigenvalue weighted by Gasteiger charge is -2.10. The number of ether oxygens (including phenoxy) is 2. The van der Waals surface area contributed by atoms with Crippen molar-refractivity contribution < 1.29 is 14.3 Å². The Labute approximate surface area is 200 Å². The maximum Gasteiger partial charge on any atom is 0.264 e. The van der Waals surface area contributed by atoms with Crippen LogP contribution >= 0.6 is 11.6 Å². The number of carbonyl (C=O) groups excluding carboxylic acids is 1. The number of halogens is 1. The summed E-state index contributed by atoms with van der Waals surface area (Å²) < 4.78 is 13.6. The summed E-state index contributed by atoms with van der Waals surface area (Å²) in [6.07, 6.45) is 3.22. The molecule has 9 nitrogen and oxygen atoms in total. The minimum absolute atomic E-state index is 0.137. The van der Waals surface area contributed by atoms with E-state index in [4.69, 9.17) is 21.1 Å². The zero-order valence-electron chi connectivity index (χ0n) is 18.8. The molecule has 1 amide bonds. The Morgan fingerprint density at radius 3 is 2.53 bits per heavy atom. The second-order valence-electron chi connectivity index (χ2n) is 7.63. The van der Waals surface area contributed by atoms with Gasteiger partial charge in [-0.3, -0.25) is 14.2 Å². The van der Waals surface area contributed by atoms with E-state index in [2.05, 4.69) is 15.4 Å². The van der Waals surface area contributed by atoms with Crippen LogP contribution in [-0.4, -0.2) is 46.0 Å². The lowest BCUT2D eigenvalue weighted by Crippen LogP contribution is -2.29. The summed E-state index contributed by atoms with van der Waals surface area (Å²) in [5.41, 5.74) is 2.05. The summed E-state index contributed by atoms with van der Waals surface area (Å²) in [6, 6.07) is 12.7. The number of fused-ring (bicyclic) bond motifs is 1. The molecule has 0 aliphatic heterocycles. The lowest BCUT2D eigenvalue weighted by molar-refractivity contribution is -0.120. The first-order valence-corrected chi connectivity index (χ1v) is 11.0. The van der Waals surface area contributed by atoms with Crippen LogP contribution in [0.3, 0.4) is 0 Å². The van der Waals surface area contributed by atoms with Gasteiger partial charge in [0, 0.05) is 11.6 Å².